The minimum Gasteiger partial charge on any atom is -0.352 e. The molecule has 6 nitrogen and oxygen atoms in total. The van der Waals surface area contributed by atoms with Crippen LogP contribution in [0.25, 0.3) is 0 Å². The first-order valence-corrected chi connectivity index (χ1v) is 11.0. The van der Waals surface area contributed by atoms with Crippen molar-refractivity contribution in [2.45, 2.75) is 12.8 Å². The highest BCUT2D eigenvalue weighted by Crippen LogP contribution is 2.26. The maximum Gasteiger partial charge on any atom is 0.261 e. The highest BCUT2D eigenvalue weighted by atomic mass is 35.5. The number of rotatable bonds is 10. The summed E-state index contributed by atoms with van der Waals surface area (Å²) in [5, 5.41) is 3.76. The molecule has 0 fully saturated rings. The van der Waals surface area contributed by atoms with Crippen molar-refractivity contribution in [1.82, 2.24) is 10.2 Å². The summed E-state index contributed by atoms with van der Waals surface area (Å²) in [6, 6.07) is 11.9. The lowest BCUT2D eigenvalue weighted by Gasteiger charge is -2.20. The molecule has 0 saturated heterocycles. The highest BCUT2D eigenvalue weighted by Gasteiger charge is 2.15. The topological polar surface area (TPSA) is 72.9 Å². The van der Waals surface area contributed by atoms with Crippen LogP contribution >= 0.6 is 23.2 Å². The maximum absolute atomic E-state index is 12.2. The molecule has 0 spiro atoms. The van der Waals surface area contributed by atoms with E-state index in [1.165, 1.54) is 4.31 Å². The van der Waals surface area contributed by atoms with E-state index in [4.69, 9.17) is 23.2 Å². The minimum atomic E-state index is -2.22. The van der Waals surface area contributed by atoms with Gasteiger partial charge in [-0.3, -0.25) is 13.7 Å². The molecule has 0 aromatic heterocycles. The van der Waals surface area contributed by atoms with Crippen LogP contribution in [0.3, 0.4) is 0 Å². The Morgan fingerprint density at radius 3 is 2.41 bits per heavy atom. The van der Waals surface area contributed by atoms with Crippen molar-refractivity contribution >= 4 is 46.1 Å². The van der Waals surface area contributed by atoms with Crippen molar-refractivity contribution in [3.05, 3.63) is 63.6 Å². The molecule has 2 aromatic carbocycles. The third-order valence-corrected chi connectivity index (χ3v) is 5.92. The SMILES string of the molecule is CN(C)CCCNC(=O)c1ccc(N(CCc2cccc(Cl)c2Cl)S(=O)O)cc1. The van der Waals surface area contributed by atoms with Gasteiger partial charge in [0.2, 0.25) is 0 Å². The summed E-state index contributed by atoms with van der Waals surface area (Å²) < 4.78 is 22.8. The van der Waals surface area contributed by atoms with Crippen molar-refractivity contribution in [2.24, 2.45) is 0 Å². The second-order valence-electron chi connectivity index (χ2n) is 6.76. The van der Waals surface area contributed by atoms with E-state index >= 15 is 0 Å². The summed E-state index contributed by atoms with van der Waals surface area (Å²) in [5.74, 6) is -0.169. The number of hydrogen-bond acceptors (Lipinski definition) is 3. The second-order valence-corrected chi connectivity index (χ2v) is 8.44. The van der Waals surface area contributed by atoms with E-state index in [9.17, 15) is 13.6 Å². The third-order valence-electron chi connectivity index (χ3n) is 4.29. The predicted octanol–water partition coefficient (Wildman–Crippen LogP) is 3.86. The number of nitrogens with zero attached hydrogens (tertiary/aromatic N) is 2. The zero-order valence-electron chi connectivity index (χ0n) is 16.4. The normalized spacial score (nSPS) is 12.1. The van der Waals surface area contributed by atoms with Crippen LogP contribution in [0.4, 0.5) is 5.69 Å². The Bertz CT molecular complexity index is 847. The molecule has 0 bridgehead atoms. The Morgan fingerprint density at radius 2 is 1.79 bits per heavy atom. The van der Waals surface area contributed by atoms with Crippen LogP contribution in [0.2, 0.25) is 10.0 Å². The fourth-order valence-corrected chi connectivity index (χ4v) is 3.70. The lowest BCUT2D eigenvalue weighted by Crippen LogP contribution is -2.28. The Hall–Kier alpha value is -1.64. The fourth-order valence-electron chi connectivity index (χ4n) is 2.74. The molecule has 1 atom stereocenters. The first-order chi connectivity index (χ1) is 13.8. The molecule has 0 aliphatic heterocycles. The van der Waals surface area contributed by atoms with Gasteiger partial charge in [-0.15, -0.1) is 0 Å². The van der Waals surface area contributed by atoms with Crippen molar-refractivity contribution in [3.8, 4) is 0 Å². The Kier molecular flexibility index (Phi) is 9.39. The molecule has 0 aliphatic rings. The van der Waals surface area contributed by atoms with Gasteiger partial charge in [0.05, 0.1) is 15.7 Å². The number of nitrogens with one attached hydrogen (secondary N) is 1. The predicted molar refractivity (Wildman–Crippen MR) is 120 cm³/mol. The quantitative estimate of drug-likeness (QED) is 0.419. The molecular weight excluding hydrogens is 433 g/mol. The molecule has 9 heteroatoms. The van der Waals surface area contributed by atoms with Gasteiger partial charge in [0.1, 0.15) is 0 Å². The van der Waals surface area contributed by atoms with Crippen LogP contribution in [-0.2, 0) is 17.7 Å². The van der Waals surface area contributed by atoms with Crippen LogP contribution in [0.1, 0.15) is 22.3 Å². The first-order valence-electron chi connectivity index (χ1n) is 9.14. The van der Waals surface area contributed by atoms with Crippen molar-refractivity contribution in [2.75, 3.05) is 38.0 Å². The van der Waals surface area contributed by atoms with E-state index in [-0.39, 0.29) is 12.5 Å². The smallest absolute Gasteiger partial charge is 0.261 e. The summed E-state index contributed by atoms with van der Waals surface area (Å²) in [6.45, 7) is 1.75. The van der Waals surface area contributed by atoms with Crippen LogP contribution in [0, 0.1) is 0 Å². The van der Waals surface area contributed by atoms with Gasteiger partial charge >= 0.3 is 0 Å². The molecular formula is C20H25Cl2N3O3S. The Balaban J connectivity index is 2.00. The number of benzene rings is 2. The average Bonchev–Trinajstić information content (AvgIpc) is 2.68. The fraction of sp³-hybridized carbons (Fsp3) is 0.350. The van der Waals surface area contributed by atoms with Crippen molar-refractivity contribution in [3.63, 3.8) is 0 Å². The van der Waals surface area contributed by atoms with Crippen LogP contribution in [0.5, 0.6) is 0 Å². The van der Waals surface area contributed by atoms with E-state index in [2.05, 4.69) is 10.2 Å². The Morgan fingerprint density at radius 1 is 1.10 bits per heavy atom. The van der Waals surface area contributed by atoms with Gasteiger partial charge in [-0.1, -0.05) is 35.3 Å². The molecule has 0 saturated carbocycles. The Labute approximate surface area is 184 Å². The summed E-state index contributed by atoms with van der Waals surface area (Å²) in [4.78, 5) is 14.3. The number of amides is 1. The van der Waals surface area contributed by atoms with Crippen molar-refractivity contribution in [1.29, 1.82) is 0 Å². The molecule has 1 unspecified atom stereocenters. The highest BCUT2D eigenvalue weighted by molar-refractivity contribution is 7.80. The standard InChI is InChI=1S/C20H25Cl2N3O3S/c1-24(2)13-4-12-23-20(26)16-7-9-17(10-8-16)25(29(27)28)14-11-15-5-3-6-18(21)19(15)22/h3,5-10H,4,11-14H2,1-2H3,(H,23,26)(H,27,28). The van der Waals surface area contributed by atoms with Gasteiger partial charge in [-0.2, -0.15) is 0 Å². The number of hydrogen-bond donors (Lipinski definition) is 2. The molecule has 158 valence electrons. The molecule has 2 aromatic rings. The number of carbonyl (C=O) groups is 1. The van der Waals surface area contributed by atoms with Gasteiger partial charge in [0.25, 0.3) is 17.2 Å². The zero-order chi connectivity index (χ0) is 21.4. The van der Waals surface area contributed by atoms with Crippen LogP contribution < -0.4 is 9.62 Å². The van der Waals surface area contributed by atoms with Gasteiger partial charge < -0.3 is 10.2 Å². The van der Waals surface area contributed by atoms with Crippen LogP contribution in [0.15, 0.2) is 42.5 Å². The summed E-state index contributed by atoms with van der Waals surface area (Å²) in [5.41, 5.74) is 1.83. The maximum atomic E-state index is 12.2. The van der Waals surface area contributed by atoms with Crippen molar-refractivity contribution < 1.29 is 13.6 Å². The second kappa shape index (κ2) is 11.5. The van der Waals surface area contributed by atoms with E-state index < -0.39 is 11.3 Å². The average molecular weight is 458 g/mol. The molecule has 2 rings (SSSR count). The summed E-state index contributed by atoms with van der Waals surface area (Å²) in [6.07, 6.45) is 1.31. The first kappa shape index (κ1) is 23.6. The monoisotopic (exact) mass is 457 g/mol. The lowest BCUT2D eigenvalue weighted by atomic mass is 10.1. The minimum absolute atomic E-state index is 0.169. The lowest BCUT2D eigenvalue weighted by molar-refractivity contribution is 0.0952. The number of halogens is 2. The number of anilines is 1. The molecule has 0 aliphatic carbocycles. The van der Waals surface area contributed by atoms with E-state index in [1.54, 1.807) is 36.4 Å². The van der Waals surface area contributed by atoms with Crippen LogP contribution in [-0.4, -0.2) is 53.3 Å². The third kappa shape index (κ3) is 7.28. The van der Waals surface area contributed by atoms with Gasteiger partial charge in [-0.25, -0.2) is 4.21 Å². The van der Waals surface area contributed by atoms with E-state index in [1.807, 2.05) is 20.2 Å². The van der Waals surface area contributed by atoms with Gasteiger partial charge in [-0.05, 0) is 69.4 Å². The summed E-state index contributed by atoms with van der Waals surface area (Å²) >= 11 is 10.00. The molecule has 0 heterocycles. The van der Waals surface area contributed by atoms with E-state index in [0.29, 0.717) is 34.3 Å². The zero-order valence-corrected chi connectivity index (χ0v) is 18.7. The van der Waals surface area contributed by atoms with Gasteiger partial charge in [0.15, 0.2) is 0 Å². The van der Waals surface area contributed by atoms with E-state index in [0.717, 1.165) is 18.5 Å². The molecule has 1 amide bonds. The number of carbonyl (C=O) groups excluding carboxylic acids is 1. The summed E-state index contributed by atoms with van der Waals surface area (Å²) in [7, 11) is 3.97. The van der Waals surface area contributed by atoms with Gasteiger partial charge in [0, 0.05) is 18.7 Å². The molecule has 0 radical (unpaired) electrons. The molecule has 29 heavy (non-hydrogen) atoms. The largest absolute Gasteiger partial charge is 0.352 e. The molecule has 2 N–H and O–H groups in total.